The second kappa shape index (κ2) is 8.70. The molecule has 8 nitrogen and oxygen atoms in total. The van der Waals surface area contributed by atoms with Gasteiger partial charge in [0.15, 0.2) is 0 Å². The van der Waals surface area contributed by atoms with Crippen LogP contribution in [0.3, 0.4) is 0 Å². The molecule has 28 heavy (non-hydrogen) atoms. The molecule has 2 aromatic rings. The first kappa shape index (κ1) is 20.9. The maximum atomic E-state index is 12.7. The molecular formula is C17H20N2O6S3. The molecular weight excluding hydrogens is 424 g/mol. The summed E-state index contributed by atoms with van der Waals surface area (Å²) in [7, 11) is -7.43. The lowest BCUT2D eigenvalue weighted by Crippen LogP contribution is -2.29. The number of sulfonamides is 2. The van der Waals surface area contributed by atoms with Gasteiger partial charge in [0.1, 0.15) is 16.4 Å². The van der Waals surface area contributed by atoms with E-state index in [9.17, 15) is 21.6 Å². The molecule has 1 saturated heterocycles. The SMILES string of the molecule is O=C(OCCNS(=O)(=O)c1ccccc1)c1sccc1S(=O)(=O)N1CCCC1. The van der Waals surface area contributed by atoms with Crippen molar-refractivity contribution in [3.8, 4) is 0 Å². The van der Waals surface area contributed by atoms with E-state index >= 15 is 0 Å². The van der Waals surface area contributed by atoms with Crippen LogP contribution in [0.1, 0.15) is 22.5 Å². The highest BCUT2D eigenvalue weighted by Crippen LogP contribution is 2.28. The lowest BCUT2D eigenvalue weighted by Gasteiger charge is -2.15. The second-order valence-electron chi connectivity index (χ2n) is 6.07. The molecule has 152 valence electrons. The molecule has 1 aliphatic rings. The van der Waals surface area contributed by atoms with E-state index in [0.29, 0.717) is 13.1 Å². The van der Waals surface area contributed by atoms with Crippen molar-refractivity contribution < 1.29 is 26.4 Å². The molecule has 2 heterocycles. The van der Waals surface area contributed by atoms with E-state index in [2.05, 4.69) is 4.72 Å². The standard InChI is InChI=1S/C17H20N2O6S3/c20-17(25-12-9-18-27(21,22)14-6-2-1-3-7-14)16-15(8-13-26-16)28(23,24)19-10-4-5-11-19/h1-3,6-8,13,18H,4-5,9-12H2. The normalized spacial score (nSPS) is 15.6. The first-order chi connectivity index (χ1) is 13.3. The molecule has 1 aromatic carbocycles. The van der Waals surface area contributed by atoms with E-state index < -0.39 is 26.0 Å². The Bertz CT molecular complexity index is 1030. The van der Waals surface area contributed by atoms with Gasteiger partial charge < -0.3 is 4.74 Å². The van der Waals surface area contributed by atoms with E-state index in [1.807, 2.05) is 0 Å². The smallest absolute Gasteiger partial charge is 0.349 e. The minimum absolute atomic E-state index is 0.00202. The fourth-order valence-electron chi connectivity index (χ4n) is 2.79. The Labute approximate surface area is 168 Å². The fourth-order valence-corrected chi connectivity index (χ4v) is 6.62. The van der Waals surface area contributed by atoms with Crippen LogP contribution in [0.25, 0.3) is 0 Å². The van der Waals surface area contributed by atoms with E-state index in [1.165, 1.54) is 27.9 Å². The first-order valence-corrected chi connectivity index (χ1v) is 12.4. The zero-order valence-corrected chi connectivity index (χ0v) is 17.4. The molecule has 1 N–H and O–H groups in total. The van der Waals surface area contributed by atoms with Crippen LogP contribution in [0.5, 0.6) is 0 Å². The molecule has 1 aromatic heterocycles. The van der Waals surface area contributed by atoms with Gasteiger partial charge in [-0.1, -0.05) is 18.2 Å². The summed E-state index contributed by atoms with van der Waals surface area (Å²) in [5.74, 6) is -0.785. The molecule has 1 fully saturated rings. The summed E-state index contributed by atoms with van der Waals surface area (Å²) in [6.45, 7) is 0.538. The van der Waals surface area contributed by atoms with Gasteiger partial charge in [0.25, 0.3) is 0 Å². The van der Waals surface area contributed by atoms with E-state index in [1.54, 1.807) is 18.2 Å². The fraction of sp³-hybridized carbons (Fsp3) is 0.353. The van der Waals surface area contributed by atoms with E-state index in [-0.39, 0.29) is 27.8 Å². The Morgan fingerprint density at radius 3 is 2.43 bits per heavy atom. The van der Waals surface area contributed by atoms with Crippen molar-refractivity contribution >= 4 is 37.4 Å². The predicted molar refractivity (Wildman–Crippen MR) is 104 cm³/mol. The highest BCUT2D eigenvalue weighted by atomic mass is 32.2. The lowest BCUT2D eigenvalue weighted by molar-refractivity contribution is 0.0514. The van der Waals surface area contributed by atoms with Gasteiger partial charge in [0.2, 0.25) is 20.0 Å². The van der Waals surface area contributed by atoms with E-state index in [0.717, 1.165) is 24.2 Å². The monoisotopic (exact) mass is 444 g/mol. The number of benzene rings is 1. The second-order valence-corrected chi connectivity index (χ2v) is 10.7. The summed E-state index contributed by atoms with van der Waals surface area (Å²) in [6.07, 6.45) is 1.59. The predicted octanol–water partition coefficient (Wildman–Crippen LogP) is 1.67. The van der Waals surface area contributed by atoms with E-state index in [4.69, 9.17) is 4.74 Å². The quantitative estimate of drug-likeness (QED) is 0.490. The maximum absolute atomic E-state index is 12.7. The summed E-state index contributed by atoms with van der Waals surface area (Å²) in [4.78, 5) is 12.4. The largest absolute Gasteiger partial charge is 0.460 e. The van der Waals surface area contributed by atoms with Crippen LogP contribution in [-0.2, 0) is 24.8 Å². The molecule has 0 unspecified atom stereocenters. The van der Waals surface area contributed by atoms with Crippen molar-refractivity contribution in [2.45, 2.75) is 22.6 Å². The first-order valence-electron chi connectivity index (χ1n) is 8.62. The number of hydrogen-bond donors (Lipinski definition) is 1. The van der Waals surface area contributed by atoms with Crippen LogP contribution in [-0.4, -0.2) is 53.4 Å². The van der Waals surface area contributed by atoms with Gasteiger partial charge in [-0.3, -0.25) is 0 Å². The number of carbonyl (C=O) groups is 1. The van der Waals surface area contributed by atoms with Crippen LogP contribution in [0.2, 0.25) is 0 Å². The van der Waals surface area contributed by atoms with Gasteiger partial charge in [-0.25, -0.2) is 26.4 Å². The molecule has 0 radical (unpaired) electrons. The zero-order chi connectivity index (χ0) is 20.2. The van der Waals surface area contributed by atoms with Crippen molar-refractivity contribution in [1.29, 1.82) is 0 Å². The van der Waals surface area contributed by atoms with Crippen LogP contribution in [0.4, 0.5) is 0 Å². The Hall–Kier alpha value is -1.79. The zero-order valence-electron chi connectivity index (χ0n) is 14.9. The van der Waals surface area contributed by atoms with Gasteiger partial charge >= 0.3 is 5.97 Å². The third kappa shape index (κ3) is 4.61. The van der Waals surface area contributed by atoms with Gasteiger partial charge in [0, 0.05) is 19.6 Å². The summed E-state index contributed by atoms with van der Waals surface area (Å²) in [5.41, 5.74) is 0. The Balaban J connectivity index is 1.59. The molecule has 1 aliphatic heterocycles. The van der Waals surface area contributed by atoms with Crippen LogP contribution >= 0.6 is 11.3 Å². The molecule has 0 amide bonds. The van der Waals surface area contributed by atoms with Gasteiger partial charge in [0.05, 0.1) is 4.90 Å². The van der Waals surface area contributed by atoms with Crippen molar-refractivity contribution in [3.05, 3.63) is 46.7 Å². The lowest BCUT2D eigenvalue weighted by atomic mass is 10.4. The molecule has 0 aliphatic carbocycles. The number of thiophene rings is 1. The molecule has 0 spiro atoms. The summed E-state index contributed by atoms with van der Waals surface area (Å²) < 4.78 is 58.3. The van der Waals surface area contributed by atoms with Gasteiger partial charge in [-0.15, -0.1) is 11.3 Å². The van der Waals surface area contributed by atoms with Crippen molar-refractivity contribution in [2.75, 3.05) is 26.2 Å². The maximum Gasteiger partial charge on any atom is 0.349 e. The van der Waals surface area contributed by atoms with Crippen molar-refractivity contribution in [1.82, 2.24) is 9.03 Å². The summed E-state index contributed by atoms with van der Waals surface area (Å²) >= 11 is 0.985. The molecule has 3 rings (SSSR count). The third-order valence-electron chi connectivity index (χ3n) is 4.18. The Morgan fingerprint density at radius 1 is 1.07 bits per heavy atom. The van der Waals surface area contributed by atoms with Gasteiger partial charge in [-0.05, 0) is 36.4 Å². The van der Waals surface area contributed by atoms with Crippen molar-refractivity contribution in [2.24, 2.45) is 0 Å². The molecule has 11 heteroatoms. The molecule has 0 saturated carbocycles. The number of nitrogens with zero attached hydrogens (tertiary/aromatic N) is 1. The average molecular weight is 445 g/mol. The van der Waals surface area contributed by atoms with Crippen LogP contribution < -0.4 is 4.72 Å². The number of carbonyl (C=O) groups excluding carboxylic acids is 1. The minimum Gasteiger partial charge on any atom is -0.460 e. The van der Waals surface area contributed by atoms with Crippen LogP contribution in [0, 0.1) is 0 Å². The van der Waals surface area contributed by atoms with Crippen molar-refractivity contribution in [3.63, 3.8) is 0 Å². The number of esters is 1. The summed E-state index contributed by atoms with van der Waals surface area (Å²) in [6, 6.07) is 9.22. The minimum atomic E-state index is -3.73. The Kier molecular flexibility index (Phi) is 6.50. The number of ether oxygens (including phenoxy) is 1. The highest BCUT2D eigenvalue weighted by Gasteiger charge is 2.32. The number of rotatable bonds is 8. The number of hydrogen-bond acceptors (Lipinski definition) is 7. The number of nitrogens with one attached hydrogen (secondary N) is 1. The topological polar surface area (TPSA) is 110 Å². The molecule has 0 atom stereocenters. The Morgan fingerprint density at radius 2 is 1.75 bits per heavy atom. The molecule has 0 bridgehead atoms. The third-order valence-corrected chi connectivity index (χ3v) is 8.62. The van der Waals surface area contributed by atoms with Gasteiger partial charge in [-0.2, -0.15) is 4.31 Å². The van der Waals surface area contributed by atoms with Crippen LogP contribution in [0.15, 0.2) is 51.6 Å². The average Bonchev–Trinajstić information content (AvgIpc) is 3.38. The highest BCUT2D eigenvalue weighted by molar-refractivity contribution is 7.89. The summed E-state index contributed by atoms with van der Waals surface area (Å²) in [5, 5.41) is 1.53.